The SMILES string of the molecule is CCc1ccc(-c2c(C)sc3nc(Cl)nc(N(Cc4ccccc4)Cc4ccccc4)c23)cc1. The van der Waals surface area contributed by atoms with E-state index in [4.69, 9.17) is 16.6 Å². The molecule has 5 heteroatoms. The van der Waals surface area contributed by atoms with E-state index in [1.165, 1.54) is 32.7 Å². The summed E-state index contributed by atoms with van der Waals surface area (Å²) >= 11 is 8.16. The van der Waals surface area contributed by atoms with Gasteiger partial charge in [0.15, 0.2) is 0 Å². The van der Waals surface area contributed by atoms with E-state index in [9.17, 15) is 0 Å². The Morgan fingerprint density at radius 2 is 1.35 bits per heavy atom. The van der Waals surface area contributed by atoms with E-state index >= 15 is 0 Å². The van der Waals surface area contributed by atoms with Crippen LogP contribution in [0, 0.1) is 6.92 Å². The van der Waals surface area contributed by atoms with Crippen molar-refractivity contribution in [1.29, 1.82) is 0 Å². The van der Waals surface area contributed by atoms with E-state index in [1.807, 2.05) is 12.1 Å². The Kier molecular flexibility index (Phi) is 6.61. The highest BCUT2D eigenvalue weighted by molar-refractivity contribution is 7.19. The van der Waals surface area contributed by atoms with Gasteiger partial charge in [0.25, 0.3) is 0 Å². The van der Waals surface area contributed by atoms with Crippen molar-refractivity contribution in [3.8, 4) is 11.1 Å². The molecule has 0 aliphatic rings. The summed E-state index contributed by atoms with van der Waals surface area (Å²) in [4.78, 5) is 13.9. The first kappa shape index (κ1) is 22.6. The molecule has 0 saturated heterocycles. The zero-order chi connectivity index (χ0) is 23.5. The fraction of sp³-hybridized carbons (Fsp3) is 0.172. The zero-order valence-corrected chi connectivity index (χ0v) is 20.9. The van der Waals surface area contributed by atoms with Crippen LogP contribution in [-0.2, 0) is 19.5 Å². The lowest BCUT2D eigenvalue weighted by Gasteiger charge is -2.25. The predicted molar refractivity (Wildman–Crippen MR) is 145 cm³/mol. The average Bonchev–Trinajstić information content (AvgIpc) is 3.19. The molecule has 0 saturated carbocycles. The van der Waals surface area contributed by atoms with Gasteiger partial charge in [-0.1, -0.05) is 91.9 Å². The van der Waals surface area contributed by atoms with Crippen molar-refractivity contribution < 1.29 is 0 Å². The maximum absolute atomic E-state index is 6.48. The summed E-state index contributed by atoms with van der Waals surface area (Å²) in [5, 5.41) is 1.35. The van der Waals surface area contributed by atoms with Gasteiger partial charge in [-0.2, -0.15) is 4.98 Å². The average molecular weight is 484 g/mol. The van der Waals surface area contributed by atoms with E-state index in [2.05, 4.69) is 96.5 Å². The third-order valence-corrected chi connectivity index (χ3v) is 7.23. The summed E-state index contributed by atoms with van der Waals surface area (Å²) in [5.41, 5.74) is 6.16. The molecule has 5 rings (SSSR count). The van der Waals surface area contributed by atoms with Gasteiger partial charge in [-0.15, -0.1) is 11.3 Å². The zero-order valence-electron chi connectivity index (χ0n) is 19.3. The van der Waals surface area contributed by atoms with Crippen LogP contribution in [-0.4, -0.2) is 9.97 Å². The molecule has 0 N–H and O–H groups in total. The van der Waals surface area contributed by atoms with Crippen molar-refractivity contribution in [2.75, 3.05) is 4.90 Å². The number of aromatic nitrogens is 2. The minimum absolute atomic E-state index is 0.280. The molecule has 0 atom stereocenters. The maximum atomic E-state index is 6.48. The third kappa shape index (κ3) is 4.70. The van der Waals surface area contributed by atoms with E-state index in [-0.39, 0.29) is 5.28 Å². The Morgan fingerprint density at radius 3 is 1.91 bits per heavy atom. The number of aryl methyl sites for hydroxylation is 2. The third-order valence-electron chi connectivity index (χ3n) is 6.06. The molecule has 0 bridgehead atoms. The molecule has 0 radical (unpaired) electrons. The summed E-state index contributed by atoms with van der Waals surface area (Å²) in [5.74, 6) is 0.877. The first-order valence-corrected chi connectivity index (χ1v) is 12.7. The Bertz CT molecular complexity index is 1360. The van der Waals surface area contributed by atoms with Crippen molar-refractivity contribution in [2.45, 2.75) is 33.4 Å². The van der Waals surface area contributed by atoms with Crippen LogP contribution in [0.15, 0.2) is 84.9 Å². The highest BCUT2D eigenvalue weighted by Gasteiger charge is 2.22. The lowest BCUT2D eigenvalue weighted by molar-refractivity contribution is 0.786. The van der Waals surface area contributed by atoms with Gasteiger partial charge < -0.3 is 4.90 Å². The first-order valence-electron chi connectivity index (χ1n) is 11.5. The van der Waals surface area contributed by atoms with E-state index in [1.54, 1.807) is 11.3 Å². The molecule has 0 fully saturated rings. The van der Waals surface area contributed by atoms with Crippen molar-refractivity contribution >= 4 is 39.0 Å². The number of thiophene rings is 1. The van der Waals surface area contributed by atoms with Crippen LogP contribution >= 0.6 is 22.9 Å². The number of rotatable bonds is 7. The first-order chi connectivity index (χ1) is 16.6. The summed E-state index contributed by atoms with van der Waals surface area (Å²) in [6.45, 7) is 5.79. The maximum Gasteiger partial charge on any atom is 0.225 e. The normalized spacial score (nSPS) is 11.1. The van der Waals surface area contributed by atoms with Crippen molar-refractivity contribution in [3.05, 3.63) is 112 Å². The number of nitrogens with zero attached hydrogens (tertiary/aromatic N) is 3. The van der Waals surface area contributed by atoms with Gasteiger partial charge in [-0.25, -0.2) is 4.98 Å². The Labute approximate surface area is 209 Å². The molecule has 0 aliphatic carbocycles. The molecular formula is C29H26ClN3S. The molecule has 3 nitrogen and oxygen atoms in total. The molecule has 0 spiro atoms. The second-order valence-corrected chi connectivity index (χ2v) is 9.95. The van der Waals surface area contributed by atoms with Crippen LogP contribution in [0.4, 0.5) is 5.82 Å². The Balaban J connectivity index is 1.69. The molecule has 34 heavy (non-hydrogen) atoms. The van der Waals surface area contributed by atoms with Gasteiger partial charge in [0, 0.05) is 23.5 Å². The van der Waals surface area contributed by atoms with Gasteiger partial charge in [-0.3, -0.25) is 0 Å². The summed E-state index contributed by atoms with van der Waals surface area (Å²) in [7, 11) is 0. The lowest BCUT2D eigenvalue weighted by Crippen LogP contribution is -2.23. The standard InChI is InChI=1S/C29H26ClN3S/c1-3-21-14-16-24(17-15-21)25-20(2)34-28-26(25)27(31-29(30)32-28)33(18-22-10-6-4-7-11-22)19-23-12-8-5-9-13-23/h4-17H,3,18-19H2,1-2H3. The second-order valence-electron chi connectivity index (χ2n) is 8.41. The monoisotopic (exact) mass is 483 g/mol. The van der Waals surface area contributed by atoms with Crippen molar-refractivity contribution in [2.24, 2.45) is 0 Å². The smallest absolute Gasteiger partial charge is 0.225 e. The fourth-order valence-electron chi connectivity index (χ4n) is 4.37. The van der Waals surface area contributed by atoms with Crippen LogP contribution in [0.5, 0.6) is 0 Å². The van der Waals surface area contributed by atoms with Crippen LogP contribution in [0.2, 0.25) is 5.28 Å². The van der Waals surface area contributed by atoms with E-state index in [0.29, 0.717) is 0 Å². The van der Waals surface area contributed by atoms with Crippen molar-refractivity contribution in [1.82, 2.24) is 9.97 Å². The highest BCUT2D eigenvalue weighted by atomic mass is 35.5. The summed E-state index contributed by atoms with van der Waals surface area (Å²) < 4.78 is 0. The minimum atomic E-state index is 0.280. The van der Waals surface area contributed by atoms with Crippen LogP contribution < -0.4 is 4.90 Å². The number of benzene rings is 3. The second kappa shape index (κ2) is 9.96. The van der Waals surface area contributed by atoms with Crippen LogP contribution in [0.1, 0.15) is 28.5 Å². The number of halogens is 1. The molecular weight excluding hydrogens is 458 g/mol. The minimum Gasteiger partial charge on any atom is -0.347 e. The molecule has 2 heterocycles. The quantitative estimate of drug-likeness (QED) is 0.219. The number of anilines is 1. The molecule has 2 aromatic heterocycles. The van der Waals surface area contributed by atoms with Gasteiger partial charge in [0.2, 0.25) is 5.28 Å². The summed E-state index contributed by atoms with van der Waals surface area (Å²) in [6, 6.07) is 29.9. The summed E-state index contributed by atoms with van der Waals surface area (Å²) in [6.07, 6.45) is 1.02. The predicted octanol–water partition coefficient (Wildman–Crippen LogP) is 8.09. The number of hydrogen-bond donors (Lipinski definition) is 0. The lowest BCUT2D eigenvalue weighted by atomic mass is 10.0. The topological polar surface area (TPSA) is 29.0 Å². The Hall–Kier alpha value is -3.21. The van der Waals surface area contributed by atoms with Gasteiger partial charge in [0.05, 0.1) is 5.39 Å². The van der Waals surface area contributed by atoms with Crippen LogP contribution in [0.25, 0.3) is 21.3 Å². The highest BCUT2D eigenvalue weighted by Crippen LogP contribution is 2.43. The van der Waals surface area contributed by atoms with Gasteiger partial charge >= 0.3 is 0 Å². The molecule has 3 aromatic carbocycles. The molecule has 0 amide bonds. The molecule has 0 unspecified atom stereocenters. The Morgan fingerprint density at radius 1 is 0.765 bits per heavy atom. The van der Waals surface area contributed by atoms with E-state index in [0.717, 1.165) is 35.5 Å². The molecule has 170 valence electrons. The number of hydrogen-bond acceptors (Lipinski definition) is 4. The van der Waals surface area contributed by atoms with Crippen LogP contribution in [0.3, 0.4) is 0 Å². The van der Waals surface area contributed by atoms with E-state index < -0.39 is 0 Å². The molecule has 0 aliphatic heterocycles. The number of fused-ring (bicyclic) bond motifs is 1. The van der Waals surface area contributed by atoms with Gasteiger partial charge in [0.1, 0.15) is 10.6 Å². The van der Waals surface area contributed by atoms with Crippen molar-refractivity contribution in [3.63, 3.8) is 0 Å². The fourth-order valence-corrected chi connectivity index (χ4v) is 5.62. The van der Waals surface area contributed by atoms with Gasteiger partial charge in [-0.05, 0) is 47.2 Å². The molecule has 5 aromatic rings. The largest absolute Gasteiger partial charge is 0.347 e.